The van der Waals surface area contributed by atoms with Crippen LogP contribution in [0.2, 0.25) is 0 Å². The fourth-order valence-corrected chi connectivity index (χ4v) is 3.72. The van der Waals surface area contributed by atoms with Crippen LogP contribution in [-0.4, -0.2) is 23.5 Å². The minimum atomic E-state index is 0.251. The van der Waals surface area contributed by atoms with Crippen LogP contribution >= 0.6 is 15.9 Å². The van der Waals surface area contributed by atoms with E-state index in [4.69, 9.17) is 5.73 Å². The van der Waals surface area contributed by atoms with Crippen molar-refractivity contribution in [3.8, 4) is 0 Å². The van der Waals surface area contributed by atoms with Crippen LogP contribution in [0.25, 0.3) is 0 Å². The van der Waals surface area contributed by atoms with E-state index in [1.165, 1.54) is 31.4 Å². The predicted octanol–water partition coefficient (Wildman–Crippen LogP) is 4.10. The van der Waals surface area contributed by atoms with Gasteiger partial charge in [-0.15, -0.1) is 0 Å². The molecule has 0 aromatic heterocycles. The topological polar surface area (TPSA) is 29.3 Å². The highest BCUT2D eigenvalue weighted by molar-refractivity contribution is 9.10. The van der Waals surface area contributed by atoms with Gasteiger partial charge in [0.1, 0.15) is 0 Å². The summed E-state index contributed by atoms with van der Waals surface area (Å²) in [5, 5.41) is 0. The van der Waals surface area contributed by atoms with E-state index in [0.717, 1.165) is 10.9 Å². The molecule has 0 spiro atoms. The summed E-state index contributed by atoms with van der Waals surface area (Å²) in [7, 11) is 0. The van der Waals surface area contributed by atoms with Crippen molar-refractivity contribution in [1.82, 2.24) is 4.90 Å². The molecular weight excluding hydrogens is 300 g/mol. The fourth-order valence-electron chi connectivity index (χ4n) is 3.31. The van der Waals surface area contributed by atoms with Gasteiger partial charge in [-0.3, -0.25) is 4.90 Å². The van der Waals surface area contributed by atoms with Crippen molar-refractivity contribution < 1.29 is 0 Å². The molecule has 1 aromatic carbocycles. The number of hydrogen-bond acceptors (Lipinski definition) is 2. The lowest BCUT2D eigenvalue weighted by Crippen LogP contribution is -2.50. The molecule has 0 amide bonds. The summed E-state index contributed by atoms with van der Waals surface area (Å²) in [4.78, 5) is 2.63. The summed E-state index contributed by atoms with van der Waals surface area (Å²) in [6.45, 7) is 5.60. The Labute approximate surface area is 125 Å². The zero-order valence-electron chi connectivity index (χ0n) is 12.0. The molecule has 1 fully saturated rings. The summed E-state index contributed by atoms with van der Waals surface area (Å²) in [5.41, 5.74) is 7.61. The van der Waals surface area contributed by atoms with Crippen molar-refractivity contribution in [3.05, 3.63) is 34.3 Å². The van der Waals surface area contributed by atoms with Crippen molar-refractivity contribution in [1.29, 1.82) is 0 Å². The van der Waals surface area contributed by atoms with Gasteiger partial charge in [0.15, 0.2) is 0 Å². The van der Waals surface area contributed by atoms with E-state index in [-0.39, 0.29) is 6.04 Å². The third-order valence-electron chi connectivity index (χ3n) is 4.22. The molecule has 1 aliphatic heterocycles. The van der Waals surface area contributed by atoms with Crippen molar-refractivity contribution in [2.45, 2.75) is 57.7 Å². The van der Waals surface area contributed by atoms with Crippen molar-refractivity contribution in [2.24, 2.45) is 5.73 Å². The second-order valence-electron chi connectivity index (χ2n) is 5.64. The average molecular weight is 325 g/mol. The molecule has 0 radical (unpaired) electrons. The lowest BCUT2D eigenvalue weighted by Gasteiger charge is -2.43. The first-order valence-electron chi connectivity index (χ1n) is 7.40. The zero-order valence-corrected chi connectivity index (χ0v) is 13.6. The van der Waals surface area contributed by atoms with E-state index in [1.807, 2.05) is 0 Å². The van der Waals surface area contributed by atoms with Gasteiger partial charge in [0.2, 0.25) is 0 Å². The summed E-state index contributed by atoms with van der Waals surface area (Å²) in [6.07, 6.45) is 4.99. The summed E-state index contributed by atoms with van der Waals surface area (Å²) in [6, 6.07) is 9.99. The molecule has 1 aromatic rings. The second-order valence-corrected chi connectivity index (χ2v) is 6.55. The molecule has 2 rings (SSSR count). The van der Waals surface area contributed by atoms with E-state index in [0.29, 0.717) is 12.1 Å². The molecule has 3 heteroatoms. The standard InChI is InChI=1S/C16H25BrN2/c1-3-15(13-7-6-8-14(17)11-13)19-10-5-4-9-16(19)12(2)18/h6-8,11-12,15-16H,3-5,9-10,18H2,1-2H3. The first kappa shape index (κ1) is 15.0. The third kappa shape index (κ3) is 3.59. The normalized spacial score (nSPS) is 24.1. The maximum absolute atomic E-state index is 6.21. The smallest absolute Gasteiger partial charge is 0.0349 e. The zero-order chi connectivity index (χ0) is 13.8. The third-order valence-corrected chi connectivity index (χ3v) is 4.71. The van der Waals surface area contributed by atoms with Gasteiger partial charge in [0, 0.05) is 22.6 Å². The number of piperidine rings is 1. The van der Waals surface area contributed by atoms with Gasteiger partial charge < -0.3 is 5.73 Å². The Morgan fingerprint density at radius 2 is 2.21 bits per heavy atom. The molecular formula is C16H25BrN2. The van der Waals surface area contributed by atoms with Crippen LogP contribution in [0.5, 0.6) is 0 Å². The van der Waals surface area contributed by atoms with E-state index in [2.05, 4.69) is 58.9 Å². The van der Waals surface area contributed by atoms with Crippen LogP contribution in [0.1, 0.15) is 51.1 Å². The average Bonchev–Trinajstić information content (AvgIpc) is 2.40. The maximum Gasteiger partial charge on any atom is 0.0349 e. The highest BCUT2D eigenvalue weighted by atomic mass is 79.9. The fraction of sp³-hybridized carbons (Fsp3) is 0.625. The van der Waals surface area contributed by atoms with Gasteiger partial charge in [0.25, 0.3) is 0 Å². The minimum absolute atomic E-state index is 0.251. The van der Waals surface area contributed by atoms with Crippen molar-refractivity contribution in [3.63, 3.8) is 0 Å². The number of rotatable bonds is 4. The molecule has 1 heterocycles. The molecule has 0 saturated carbocycles. The first-order valence-corrected chi connectivity index (χ1v) is 8.19. The Hall–Kier alpha value is -0.380. The summed E-state index contributed by atoms with van der Waals surface area (Å²) < 4.78 is 1.16. The molecule has 19 heavy (non-hydrogen) atoms. The number of nitrogens with zero attached hydrogens (tertiary/aromatic N) is 1. The number of benzene rings is 1. The van der Waals surface area contributed by atoms with Crippen molar-refractivity contribution >= 4 is 15.9 Å². The summed E-state index contributed by atoms with van der Waals surface area (Å²) >= 11 is 3.58. The molecule has 0 aliphatic carbocycles. The molecule has 1 aliphatic rings. The number of hydrogen-bond donors (Lipinski definition) is 1. The van der Waals surface area contributed by atoms with Crippen LogP contribution < -0.4 is 5.73 Å². The van der Waals surface area contributed by atoms with Gasteiger partial charge >= 0.3 is 0 Å². The Kier molecular flexibility index (Phi) is 5.43. The monoisotopic (exact) mass is 324 g/mol. The van der Waals surface area contributed by atoms with Crippen LogP contribution in [0, 0.1) is 0 Å². The second kappa shape index (κ2) is 6.87. The van der Waals surface area contributed by atoms with Gasteiger partial charge in [-0.1, -0.05) is 41.4 Å². The number of halogens is 1. The predicted molar refractivity (Wildman–Crippen MR) is 85.2 cm³/mol. The largest absolute Gasteiger partial charge is 0.327 e. The molecule has 2 nitrogen and oxygen atoms in total. The van der Waals surface area contributed by atoms with E-state index in [9.17, 15) is 0 Å². The quantitative estimate of drug-likeness (QED) is 0.903. The first-order chi connectivity index (χ1) is 9.13. The molecule has 2 N–H and O–H groups in total. The Morgan fingerprint density at radius 1 is 1.42 bits per heavy atom. The van der Waals surface area contributed by atoms with Gasteiger partial charge in [-0.05, 0) is 50.4 Å². The van der Waals surface area contributed by atoms with E-state index in [1.54, 1.807) is 0 Å². The minimum Gasteiger partial charge on any atom is -0.327 e. The Balaban J connectivity index is 2.24. The molecule has 0 bridgehead atoms. The van der Waals surface area contributed by atoms with Crippen molar-refractivity contribution in [2.75, 3.05) is 6.54 Å². The lowest BCUT2D eigenvalue weighted by molar-refractivity contribution is 0.0783. The number of likely N-dealkylation sites (tertiary alicyclic amines) is 1. The Bertz CT molecular complexity index is 405. The van der Waals surface area contributed by atoms with E-state index >= 15 is 0 Å². The lowest BCUT2D eigenvalue weighted by atomic mass is 9.92. The highest BCUT2D eigenvalue weighted by Gasteiger charge is 2.30. The molecule has 106 valence electrons. The molecule has 1 saturated heterocycles. The number of nitrogens with two attached hydrogens (primary N) is 1. The van der Waals surface area contributed by atoms with E-state index < -0.39 is 0 Å². The Morgan fingerprint density at radius 3 is 2.84 bits per heavy atom. The van der Waals surface area contributed by atoms with Gasteiger partial charge in [-0.2, -0.15) is 0 Å². The van der Waals surface area contributed by atoms with Gasteiger partial charge in [-0.25, -0.2) is 0 Å². The van der Waals surface area contributed by atoms with Crippen LogP contribution in [0.4, 0.5) is 0 Å². The maximum atomic E-state index is 6.21. The van der Waals surface area contributed by atoms with Gasteiger partial charge in [0.05, 0.1) is 0 Å². The van der Waals surface area contributed by atoms with Crippen LogP contribution in [-0.2, 0) is 0 Å². The highest BCUT2D eigenvalue weighted by Crippen LogP contribution is 2.32. The molecule has 3 unspecified atom stereocenters. The van der Waals surface area contributed by atoms with Crippen LogP contribution in [0.15, 0.2) is 28.7 Å². The SMILES string of the molecule is CCC(c1cccc(Br)c1)N1CCCCC1C(C)N. The molecule has 3 atom stereocenters. The summed E-state index contributed by atoms with van der Waals surface area (Å²) in [5.74, 6) is 0. The van der Waals surface area contributed by atoms with Crippen LogP contribution in [0.3, 0.4) is 0 Å².